The van der Waals surface area contributed by atoms with E-state index in [0.29, 0.717) is 11.5 Å². The maximum atomic E-state index is 11.6. The van der Waals surface area contributed by atoms with Gasteiger partial charge in [0.15, 0.2) is 6.10 Å². The minimum atomic E-state index is -0.833. The van der Waals surface area contributed by atoms with Gasteiger partial charge in [-0.25, -0.2) is 9.59 Å². The molecule has 0 spiro atoms. The van der Waals surface area contributed by atoms with Crippen molar-refractivity contribution in [2.24, 2.45) is 0 Å². The fraction of sp³-hybridized carbons (Fsp3) is 0.277. The number of ketones is 1. The third-order valence-corrected chi connectivity index (χ3v) is 8.22. The van der Waals surface area contributed by atoms with Crippen molar-refractivity contribution in [2.45, 2.75) is 52.2 Å². The van der Waals surface area contributed by atoms with Gasteiger partial charge in [0.05, 0.1) is 5.41 Å². The molecule has 14 nitrogen and oxygen atoms in total. The van der Waals surface area contributed by atoms with Crippen LogP contribution >= 0.6 is 0 Å². The second-order valence-corrected chi connectivity index (χ2v) is 13.2. The summed E-state index contributed by atoms with van der Waals surface area (Å²) < 4.78 is 32.9. The van der Waals surface area contributed by atoms with Crippen molar-refractivity contribution in [3.05, 3.63) is 145 Å². The van der Waals surface area contributed by atoms with E-state index in [4.69, 9.17) is 48.2 Å². The highest BCUT2D eigenvalue weighted by Gasteiger charge is 2.45. The molecule has 14 heteroatoms. The Morgan fingerprint density at radius 1 is 0.574 bits per heavy atom. The van der Waals surface area contributed by atoms with Crippen LogP contribution in [0, 0.1) is 0 Å². The van der Waals surface area contributed by atoms with Gasteiger partial charge in [-0.1, -0.05) is 86.0 Å². The summed E-state index contributed by atoms with van der Waals surface area (Å²) in [6, 6.07) is 32.6. The van der Waals surface area contributed by atoms with Crippen LogP contribution < -0.4 is 9.47 Å². The van der Waals surface area contributed by atoms with Gasteiger partial charge in [0, 0.05) is 40.0 Å². The predicted octanol–water partition coefficient (Wildman–Crippen LogP) is 6.99. The molecule has 0 radical (unpaired) electrons. The van der Waals surface area contributed by atoms with Crippen LogP contribution in [0.1, 0.15) is 56.9 Å². The first kappa shape index (κ1) is 50.1. The van der Waals surface area contributed by atoms with E-state index in [2.05, 4.69) is 49.6 Å². The zero-order valence-electron chi connectivity index (χ0n) is 35.1. The van der Waals surface area contributed by atoms with Crippen LogP contribution in [0.2, 0.25) is 0 Å². The quantitative estimate of drug-likeness (QED) is 0.0585. The van der Waals surface area contributed by atoms with E-state index in [1.165, 1.54) is 27.9 Å². The molecule has 1 aliphatic carbocycles. The molecule has 2 N–H and O–H groups in total. The first-order valence-corrected chi connectivity index (χ1v) is 18.8. The zero-order chi connectivity index (χ0) is 45.5. The van der Waals surface area contributed by atoms with Gasteiger partial charge < -0.3 is 43.4 Å². The summed E-state index contributed by atoms with van der Waals surface area (Å²) in [6.45, 7) is 13.4. The number of carboxylic acid groups (broad SMARTS) is 2. The van der Waals surface area contributed by atoms with Crippen LogP contribution in [0.5, 0.6) is 11.5 Å². The molecule has 2 atom stereocenters. The zero-order valence-corrected chi connectivity index (χ0v) is 35.1. The molecule has 0 aliphatic heterocycles. The molecule has 0 saturated carbocycles. The summed E-state index contributed by atoms with van der Waals surface area (Å²) >= 11 is 0. The third-order valence-electron chi connectivity index (χ3n) is 8.22. The molecule has 0 amide bonds. The average Bonchev–Trinajstić information content (AvgIpc) is 3.52. The smallest absolute Gasteiger partial charge is 0.330 e. The first-order valence-electron chi connectivity index (χ1n) is 18.8. The normalized spacial score (nSPS) is 12.1. The number of hydrogen-bond donors (Lipinski definition) is 2. The summed E-state index contributed by atoms with van der Waals surface area (Å²) in [6.07, 6.45) is 0.914. The second-order valence-electron chi connectivity index (χ2n) is 13.2. The molecule has 0 saturated heterocycles. The molecule has 0 fully saturated rings. The minimum absolute atomic E-state index is 0.0117. The number of benzene rings is 4. The number of methoxy groups -OCH3 is 1. The highest BCUT2D eigenvalue weighted by Crippen LogP contribution is 2.56. The van der Waals surface area contributed by atoms with Crippen LogP contribution in [0.25, 0.3) is 11.1 Å². The fourth-order valence-electron chi connectivity index (χ4n) is 6.01. The molecule has 0 bridgehead atoms. The van der Waals surface area contributed by atoms with Gasteiger partial charge in [-0.15, -0.1) is 0 Å². The van der Waals surface area contributed by atoms with E-state index in [0.717, 1.165) is 59.4 Å². The van der Waals surface area contributed by atoms with Gasteiger partial charge in [0.25, 0.3) is 11.9 Å². The van der Waals surface area contributed by atoms with E-state index in [1.54, 1.807) is 0 Å². The molecule has 5 rings (SSSR count). The lowest BCUT2D eigenvalue weighted by molar-refractivity contribution is -0.156. The van der Waals surface area contributed by atoms with Gasteiger partial charge >= 0.3 is 17.9 Å². The topological polar surface area (TPSA) is 198 Å². The lowest BCUT2D eigenvalue weighted by atomic mass is 9.68. The SMILES string of the molecule is C=CC(=O)OCC(COc1ccc(C2(c3ccc(OCC(COC(=O)C=C)OC(C)=O)cc3)c3ccccc3-c3ccccc32)cc1)OC.CC(=O)O.CC(=O)O.CC(C)=O. The number of carbonyl (C=O) groups is 6. The van der Waals surface area contributed by atoms with E-state index in [-0.39, 0.29) is 32.2 Å². The second kappa shape index (κ2) is 25.4. The first-order chi connectivity index (χ1) is 29.0. The molecule has 4 aromatic carbocycles. The maximum absolute atomic E-state index is 11.6. The van der Waals surface area contributed by atoms with Crippen molar-refractivity contribution in [1.29, 1.82) is 0 Å². The Hall–Kier alpha value is -7.06. The predicted molar refractivity (Wildman–Crippen MR) is 226 cm³/mol. The maximum Gasteiger partial charge on any atom is 0.330 e. The van der Waals surface area contributed by atoms with E-state index in [1.807, 2.05) is 60.7 Å². The monoisotopic (exact) mass is 840 g/mol. The van der Waals surface area contributed by atoms with Gasteiger partial charge in [0.1, 0.15) is 49.8 Å². The van der Waals surface area contributed by atoms with Gasteiger partial charge in [0.2, 0.25) is 0 Å². The number of esters is 3. The largest absolute Gasteiger partial charge is 0.491 e. The minimum Gasteiger partial charge on any atom is -0.491 e. The number of rotatable bonds is 16. The molecule has 0 aromatic heterocycles. The van der Waals surface area contributed by atoms with Crippen LogP contribution in [0.3, 0.4) is 0 Å². The molecule has 4 aromatic rings. The molecule has 0 heterocycles. The van der Waals surface area contributed by atoms with Crippen molar-refractivity contribution in [3.8, 4) is 22.6 Å². The highest BCUT2D eigenvalue weighted by atomic mass is 16.6. The molecule has 61 heavy (non-hydrogen) atoms. The summed E-state index contributed by atoms with van der Waals surface area (Å²) in [5.41, 5.74) is 5.97. The van der Waals surface area contributed by atoms with E-state index < -0.39 is 47.5 Å². The molecular formula is C47H52O14. The molecule has 1 aliphatic rings. The van der Waals surface area contributed by atoms with Crippen molar-refractivity contribution < 1.29 is 67.4 Å². The Balaban J connectivity index is 0.000000945. The Kier molecular flexibility index (Phi) is 20.9. The number of Topliss-reactive ketones (excluding diaryl/α,β-unsaturated/α-hetero) is 1. The third kappa shape index (κ3) is 15.9. The summed E-state index contributed by atoms with van der Waals surface area (Å²) in [7, 11) is 1.53. The molecular weight excluding hydrogens is 789 g/mol. The lowest BCUT2D eigenvalue weighted by Gasteiger charge is -2.34. The molecule has 324 valence electrons. The van der Waals surface area contributed by atoms with Crippen LogP contribution in [-0.4, -0.2) is 91.6 Å². The number of fused-ring (bicyclic) bond motifs is 3. The van der Waals surface area contributed by atoms with Crippen LogP contribution in [0.15, 0.2) is 122 Å². The van der Waals surface area contributed by atoms with Crippen molar-refractivity contribution >= 4 is 35.6 Å². The number of carbonyl (C=O) groups excluding carboxylic acids is 4. The Bertz CT molecular complexity index is 2020. The standard InChI is InChI=1S/C40H38O9.C3H6O.2C2H4O2/c1-5-38(42)47-24-32(44-4)23-45-30-19-15-28(16-20-30)40(36-13-9-7-11-34(36)35-12-8-10-14-37(35)40)29-17-21-31(22-18-29)46-25-33(49-27(3)41)26-48-39(43)6-2;1-3(2)4;2*1-2(3)4/h5-22,32-33H,1-2,23-26H2,3-4H3;1-2H3;2*1H3,(H,3,4). The van der Waals surface area contributed by atoms with E-state index in [9.17, 15) is 19.2 Å². The average molecular weight is 841 g/mol. The fourth-order valence-corrected chi connectivity index (χ4v) is 6.01. The Morgan fingerprint density at radius 2 is 0.918 bits per heavy atom. The molecule has 2 unspecified atom stereocenters. The van der Waals surface area contributed by atoms with Crippen molar-refractivity contribution in [3.63, 3.8) is 0 Å². The van der Waals surface area contributed by atoms with Crippen LogP contribution in [-0.2, 0) is 53.1 Å². The summed E-state index contributed by atoms with van der Waals surface area (Å²) in [5.74, 6) is -1.95. The number of ether oxygens (including phenoxy) is 6. The van der Waals surface area contributed by atoms with Crippen molar-refractivity contribution in [2.75, 3.05) is 33.5 Å². The van der Waals surface area contributed by atoms with Gasteiger partial charge in [-0.3, -0.25) is 14.4 Å². The summed E-state index contributed by atoms with van der Waals surface area (Å²) in [4.78, 5) is 62.1. The van der Waals surface area contributed by atoms with Crippen LogP contribution in [0.4, 0.5) is 0 Å². The Morgan fingerprint density at radius 3 is 1.26 bits per heavy atom. The van der Waals surface area contributed by atoms with Gasteiger partial charge in [-0.05, 0) is 71.5 Å². The number of carboxylic acids is 2. The van der Waals surface area contributed by atoms with Crippen molar-refractivity contribution in [1.82, 2.24) is 0 Å². The highest BCUT2D eigenvalue weighted by molar-refractivity contribution is 5.86. The summed E-state index contributed by atoms with van der Waals surface area (Å²) in [5, 5.41) is 14.8. The number of hydrogen-bond acceptors (Lipinski definition) is 12. The Labute approximate surface area is 355 Å². The van der Waals surface area contributed by atoms with E-state index >= 15 is 0 Å². The van der Waals surface area contributed by atoms with Gasteiger partial charge in [-0.2, -0.15) is 0 Å². The lowest BCUT2D eigenvalue weighted by Crippen LogP contribution is -2.30. The number of aliphatic carboxylic acids is 2.